The topological polar surface area (TPSA) is 97.8 Å². The van der Waals surface area contributed by atoms with Crippen molar-refractivity contribution < 1.29 is 27.8 Å². The third-order valence-corrected chi connectivity index (χ3v) is 5.68. The third kappa shape index (κ3) is 3.02. The first-order valence-electron chi connectivity index (χ1n) is 9.17. The highest BCUT2D eigenvalue weighted by atomic mass is 19.1. The van der Waals surface area contributed by atoms with Crippen LogP contribution in [-0.4, -0.2) is 54.7 Å². The molecule has 1 aromatic carbocycles. The number of pyridine rings is 1. The van der Waals surface area contributed by atoms with Crippen molar-refractivity contribution in [2.24, 2.45) is 11.7 Å². The highest BCUT2D eigenvalue weighted by molar-refractivity contribution is 5.97. The first-order chi connectivity index (χ1) is 13.8. The average Bonchev–Trinajstić information content (AvgIpc) is 3.28. The first kappa shape index (κ1) is 19.6. The quantitative estimate of drug-likeness (QED) is 0.780. The molecule has 0 spiro atoms. The summed E-state index contributed by atoms with van der Waals surface area (Å²) >= 11 is 0. The molecule has 10 heteroatoms. The van der Waals surface area contributed by atoms with Crippen molar-refractivity contribution in [2.45, 2.75) is 24.7 Å². The number of benzene rings is 1. The third-order valence-electron chi connectivity index (χ3n) is 5.68. The largest absolute Gasteiger partial charge is 0.492 e. The monoisotopic (exact) mass is 411 g/mol. The Kier molecular flexibility index (Phi) is 4.68. The Morgan fingerprint density at radius 2 is 2.10 bits per heavy atom. The highest BCUT2D eigenvalue weighted by Gasteiger charge is 2.42. The second-order valence-corrected chi connectivity index (χ2v) is 7.52. The first-order valence-corrected chi connectivity index (χ1v) is 9.17. The van der Waals surface area contributed by atoms with Gasteiger partial charge in [0.25, 0.3) is 0 Å². The van der Waals surface area contributed by atoms with E-state index in [1.807, 2.05) is 0 Å². The molecule has 156 valence electrons. The Morgan fingerprint density at radius 3 is 2.62 bits per heavy atom. The molecule has 0 unspecified atom stereocenters. The lowest BCUT2D eigenvalue weighted by molar-refractivity contribution is 0.0694. The fourth-order valence-electron chi connectivity index (χ4n) is 4.03. The zero-order chi connectivity index (χ0) is 21.0. The fraction of sp³-hybridized carbons (Fsp3) is 0.474. The van der Waals surface area contributed by atoms with Gasteiger partial charge in [0.1, 0.15) is 17.4 Å². The maximum absolute atomic E-state index is 15.1. The minimum Gasteiger partial charge on any atom is -0.492 e. The van der Waals surface area contributed by atoms with Gasteiger partial charge in [-0.3, -0.25) is 9.18 Å². The Morgan fingerprint density at radius 1 is 1.41 bits per heavy atom. The van der Waals surface area contributed by atoms with Gasteiger partial charge in [0, 0.05) is 37.7 Å². The van der Waals surface area contributed by atoms with E-state index in [1.54, 1.807) is 4.90 Å². The van der Waals surface area contributed by atoms with E-state index in [2.05, 4.69) is 0 Å². The van der Waals surface area contributed by atoms with Crippen LogP contribution in [0, 0.1) is 11.7 Å². The number of rotatable bonds is 5. The average molecular weight is 411 g/mol. The Hall–Kier alpha value is -2.75. The number of carboxylic acids is 1. The van der Waals surface area contributed by atoms with Gasteiger partial charge >= 0.3 is 5.97 Å². The molecule has 4 rings (SSSR count). The minimum atomic E-state index is -1.48. The maximum Gasteiger partial charge on any atom is 0.341 e. The number of hydrogen-bond acceptors (Lipinski definition) is 5. The van der Waals surface area contributed by atoms with Gasteiger partial charge in [0.2, 0.25) is 5.43 Å². The molecule has 1 aromatic heterocycles. The van der Waals surface area contributed by atoms with Gasteiger partial charge in [-0.1, -0.05) is 0 Å². The SMILES string of the molecule is COc1c(N2C[C@H](CF)[C@H](N)C2)c(F)cc2c(=O)c(C(=O)O)cn([C@@H]3C[C@@H]3F)c12. The number of anilines is 1. The number of ether oxygens (including phenoxy) is 1. The molecule has 4 atom stereocenters. The predicted molar refractivity (Wildman–Crippen MR) is 99.9 cm³/mol. The lowest BCUT2D eigenvalue weighted by Gasteiger charge is -2.24. The van der Waals surface area contributed by atoms with Crippen LogP contribution in [0.25, 0.3) is 10.9 Å². The molecule has 2 heterocycles. The van der Waals surface area contributed by atoms with E-state index in [-0.39, 0.29) is 41.9 Å². The Balaban J connectivity index is 2.01. The molecular formula is C19H20F3N3O4. The van der Waals surface area contributed by atoms with E-state index >= 15 is 4.39 Å². The van der Waals surface area contributed by atoms with Gasteiger partial charge in [-0.25, -0.2) is 13.6 Å². The van der Waals surface area contributed by atoms with Crippen LogP contribution in [-0.2, 0) is 0 Å². The number of aromatic nitrogens is 1. The zero-order valence-electron chi connectivity index (χ0n) is 15.6. The summed E-state index contributed by atoms with van der Waals surface area (Å²) in [6.45, 7) is -0.323. The van der Waals surface area contributed by atoms with Gasteiger partial charge in [-0.15, -0.1) is 0 Å². The van der Waals surface area contributed by atoms with E-state index in [4.69, 9.17) is 10.5 Å². The van der Waals surface area contributed by atoms with Crippen LogP contribution in [0.2, 0.25) is 0 Å². The Labute approximate surface area is 163 Å². The number of hydrogen-bond donors (Lipinski definition) is 2. The van der Waals surface area contributed by atoms with Gasteiger partial charge in [0.15, 0.2) is 11.6 Å². The van der Waals surface area contributed by atoms with Crippen molar-refractivity contribution in [3.05, 3.63) is 33.9 Å². The molecule has 3 N–H and O–H groups in total. The standard InChI is InChI=1S/C19H20F3N3O4/c1-29-18-15-9(2-12(22)16(18)24-5-8(4-20)13(23)7-24)17(26)10(19(27)28)6-25(15)14-3-11(14)21/h2,6,8,11,13-14H,3-5,7,23H2,1H3,(H,27,28)/t8-,11-,13+,14+/m0/s1. The van der Waals surface area contributed by atoms with Crippen molar-refractivity contribution in [1.82, 2.24) is 4.57 Å². The summed E-state index contributed by atoms with van der Waals surface area (Å²) in [5, 5.41) is 9.12. The van der Waals surface area contributed by atoms with Crippen LogP contribution in [0.15, 0.2) is 17.1 Å². The van der Waals surface area contributed by atoms with E-state index < -0.39 is 53.6 Å². The number of aromatic carboxylic acids is 1. The second-order valence-electron chi connectivity index (χ2n) is 7.52. The molecule has 2 aliphatic rings. The number of halogens is 3. The number of nitrogens with zero attached hydrogens (tertiary/aromatic N) is 2. The Bertz CT molecular complexity index is 1060. The van der Waals surface area contributed by atoms with Crippen LogP contribution in [0.1, 0.15) is 22.8 Å². The van der Waals surface area contributed by atoms with Gasteiger partial charge in [-0.05, 0) is 6.07 Å². The van der Waals surface area contributed by atoms with E-state index in [0.29, 0.717) is 0 Å². The molecular weight excluding hydrogens is 391 g/mol. The highest BCUT2D eigenvalue weighted by Crippen LogP contribution is 2.45. The van der Waals surface area contributed by atoms with E-state index in [1.165, 1.54) is 11.7 Å². The summed E-state index contributed by atoms with van der Waals surface area (Å²) in [4.78, 5) is 25.7. The van der Waals surface area contributed by atoms with Gasteiger partial charge in [-0.2, -0.15) is 0 Å². The lowest BCUT2D eigenvalue weighted by Crippen LogP contribution is -2.30. The normalized spacial score (nSPS) is 26.2. The maximum atomic E-state index is 15.1. The summed E-state index contributed by atoms with van der Waals surface area (Å²) in [5.74, 6) is -2.81. The zero-order valence-corrected chi connectivity index (χ0v) is 15.6. The van der Waals surface area contributed by atoms with Crippen molar-refractivity contribution >= 4 is 22.6 Å². The number of methoxy groups -OCH3 is 1. The number of carbonyl (C=O) groups is 1. The molecule has 0 radical (unpaired) electrons. The molecule has 2 aromatic rings. The molecule has 1 aliphatic heterocycles. The molecule has 1 aliphatic carbocycles. The van der Waals surface area contributed by atoms with Crippen LogP contribution >= 0.6 is 0 Å². The van der Waals surface area contributed by atoms with Crippen LogP contribution in [0.3, 0.4) is 0 Å². The molecule has 0 amide bonds. The number of nitrogens with two attached hydrogens (primary N) is 1. The number of carboxylic acid groups (broad SMARTS) is 1. The van der Waals surface area contributed by atoms with Crippen LogP contribution in [0.4, 0.5) is 18.9 Å². The molecule has 1 saturated heterocycles. The van der Waals surface area contributed by atoms with Crippen molar-refractivity contribution in [3.63, 3.8) is 0 Å². The van der Waals surface area contributed by atoms with Crippen molar-refractivity contribution in [1.29, 1.82) is 0 Å². The molecule has 1 saturated carbocycles. The smallest absolute Gasteiger partial charge is 0.341 e. The minimum absolute atomic E-state index is 0.00122. The predicted octanol–water partition coefficient (Wildman–Crippen LogP) is 1.86. The summed E-state index contributed by atoms with van der Waals surface area (Å²) in [5.41, 5.74) is 4.59. The number of alkyl halides is 2. The molecule has 2 fully saturated rings. The summed E-state index contributed by atoms with van der Waals surface area (Å²) in [7, 11) is 1.28. The van der Waals surface area contributed by atoms with E-state index in [9.17, 15) is 23.5 Å². The van der Waals surface area contributed by atoms with Gasteiger partial charge < -0.3 is 25.0 Å². The second kappa shape index (κ2) is 6.94. The summed E-state index contributed by atoms with van der Waals surface area (Å²) in [6, 6.07) is -0.250. The van der Waals surface area contributed by atoms with E-state index in [0.717, 1.165) is 12.3 Å². The molecule has 7 nitrogen and oxygen atoms in total. The lowest BCUT2D eigenvalue weighted by atomic mass is 10.1. The van der Waals surface area contributed by atoms with Crippen LogP contribution < -0.4 is 20.8 Å². The summed E-state index contributed by atoms with van der Waals surface area (Å²) < 4.78 is 48.9. The fourth-order valence-corrected chi connectivity index (χ4v) is 4.03. The summed E-state index contributed by atoms with van der Waals surface area (Å²) in [6.07, 6.45) is 0.00382. The van der Waals surface area contributed by atoms with Gasteiger partial charge in [0.05, 0.1) is 30.7 Å². The van der Waals surface area contributed by atoms with Crippen molar-refractivity contribution in [2.75, 3.05) is 31.8 Å². The molecule has 29 heavy (non-hydrogen) atoms. The van der Waals surface area contributed by atoms with Crippen LogP contribution in [0.5, 0.6) is 5.75 Å². The van der Waals surface area contributed by atoms with Crippen molar-refractivity contribution in [3.8, 4) is 5.75 Å². The molecule has 0 bridgehead atoms. The number of fused-ring (bicyclic) bond motifs is 1.